The van der Waals surface area contributed by atoms with E-state index in [0.29, 0.717) is 12.8 Å². The van der Waals surface area contributed by atoms with Gasteiger partial charge < -0.3 is 9.35 Å². The maximum Gasteiger partial charge on any atom is 1.00 e. The van der Waals surface area contributed by atoms with Gasteiger partial charge in [0.05, 0.1) is 14.9 Å². The van der Waals surface area contributed by atoms with Crippen molar-refractivity contribution in [2.24, 2.45) is 0 Å². The van der Waals surface area contributed by atoms with Crippen LogP contribution in [-0.4, -0.2) is 23.5 Å². The topological polar surface area (TPSA) is 74.3 Å². The average Bonchev–Trinajstić information content (AvgIpc) is 2.19. The molecule has 0 radical (unpaired) electrons. The number of ketones is 1. The summed E-state index contributed by atoms with van der Waals surface area (Å²) in [5.41, 5.74) is 0. The molecule has 0 bridgehead atoms. The molecule has 0 fully saturated rings. The number of carbonyl (C=O) groups is 1. The molecule has 4 nitrogen and oxygen atoms in total. The Morgan fingerprint density at radius 2 is 1.42 bits per heavy atom. The maximum atomic E-state index is 10.9. The van der Waals surface area contributed by atoms with E-state index < -0.39 is 14.9 Å². The molecule has 0 saturated heterocycles. The predicted octanol–water partition coefficient (Wildman–Crippen LogP) is 0.0240. The molecule has 0 aliphatic heterocycles. The van der Waals surface area contributed by atoms with Crippen LogP contribution in [0.25, 0.3) is 0 Å². The van der Waals surface area contributed by atoms with Gasteiger partial charge in [-0.2, -0.15) is 0 Å². The second kappa shape index (κ2) is 10.3. The van der Waals surface area contributed by atoms with Gasteiger partial charge in [0, 0.05) is 6.42 Å². The van der Waals surface area contributed by atoms with Crippen LogP contribution in [0.15, 0.2) is 0 Å². The normalized spacial score (nSPS) is 12.0. The molecule has 108 valence electrons. The van der Waals surface area contributed by atoms with Crippen molar-refractivity contribution in [3.8, 4) is 0 Å². The van der Waals surface area contributed by atoms with Crippen LogP contribution < -0.4 is 29.6 Å². The molecule has 19 heavy (non-hydrogen) atoms. The predicted molar refractivity (Wildman–Crippen MR) is 71.4 cm³/mol. The van der Waals surface area contributed by atoms with E-state index in [2.05, 4.69) is 0 Å². The molecule has 0 aliphatic rings. The quantitative estimate of drug-likeness (QED) is 0.324. The molecule has 0 aliphatic carbocycles. The second-order valence-corrected chi connectivity index (χ2v) is 7.55. The largest absolute Gasteiger partial charge is 1.00 e. The SMILES string of the molecule is CC(=O)CCCCCCCCC(C)(C)S(=O)(=O)[O-].[Na+]. The third-order valence-corrected chi connectivity index (χ3v) is 4.79. The molecule has 0 atom stereocenters. The van der Waals surface area contributed by atoms with Crippen LogP contribution in [0.4, 0.5) is 0 Å². The third kappa shape index (κ3) is 11.0. The number of hydrogen-bond acceptors (Lipinski definition) is 4. The van der Waals surface area contributed by atoms with Gasteiger partial charge in [0.15, 0.2) is 0 Å². The third-order valence-electron chi connectivity index (χ3n) is 3.23. The Bertz CT molecular complexity index is 350. The number of hydrogen-bond donors (Lipinski definition) is 0. The van der Waals surface area contributed by atoms with Crippen molar-refractivity contribution in [1.29, 1.82) is 0 Å². The van der Waals surface area contributed by atoms with Crippen molar-refractivity contribution in [1.82, 2.24) is 0 Å². The van der Waals surface area contributed by atoms with Crippen LogP contribution in [-0.2, 0) is 14.9 Å². The zero-order valence-corrected chi connectivity index (χ0v) is 15.5. The van der Waals surface area contributed by atoms with E-state index in [1.807, 2.05) is 0 Å². The standard InChI is InChI=1S/C13H26O4S.Na/c1-12(14)10-8-6-4-5-7-9-11-13(2,3)18(15,16)17;/h4-11H2,1-3H3,(H,15,16,17);/q;+1/p-1. The first-order chi connectivity index (χ1) is 8.17. The monoisotopic (exact) mass is 300 g/mol. The van der Waals surface area contributed by atoms with Crippen molar-refractivity contribution in [3.05, 3.63) is 0 Å². The van der Waals surface area contributed by atoms with Crippen LogP contribution in [0.5, 0.6) is 0 Å². The molecule has 0 aromatic heterocycles. The molecule has 0 aromatic carbocycles. The summed E-state index contributed by atoms with van der Waals surface area (Å²) in [5.74, 6) is 0.234. The summed E-state index contributed by atoms with van der Waals surface area (Å²) in [6.45, 7) is 4.58. The Labute approximate surface area is 139 Å². The number of rotatable bonds is 10. The van der Waals surface area contributed by atoms with Crippen LogP contribution in [0.3, 0.4) is 0 Å². The molecule has 0 saturated carbocycles. The zero-order valence-electron chi connectivity index (χ0n) is 12.7. The van der Waals surface area contributed by atoms with Gasteiger partial charge in [-0.25, -0.2) is 8.42 Å². The van der Waals surface area contributed by atoms with Crippen LogP contribution in [0, 0.1) is 0 Å². The first-order valence-electron chi connectivity index (χ1n) is 6.62. The van der Waals surface area contributed by atoms with E-state index in [1.165, 1.54) is 13.8 Å². The summed E-state index contributed by atoms with van der Waals surface area (Å²) >= 11 is 0. The Hall–Kier alpha value is 0.580. The van der Waals surface area contributed by atoms with Crippen molar-refractivity contribution < 1.29 is 47.3 Å². The fourth-order valence-corrected chi connectivity index (χ4v) is 2.15. The van der Waals surface area contributed by atoms with E-state index in [9.17, 15) is 17.8 Å². The number of unbranched alkanes of at least 4 members (excludes halogenated alkanes) is 5. The molecular formula is C13H25NaO4S. The molecule has 0 spiro atoms. The van der Waals surface area contributed by atoms with E-state index in [1.54, 1.807) is 6.92 Å². The van der Waals surface area contributed by atoms with Gasteiger partial charge in [0.2, 0.25) is 0 Å². The summed E-state index contributed by atoms with van der Waals surface area (Å²) in [4.78, 5) is 10.7. The van der Waals surface area contributed by atoms with E-state index in [0.717, 1.165) is 38.5 Å². The molecule has 0 aromatic rings. The summed E-state index contributed by atoms with van der Waals surface area (Å²) in [6, 6.07) is 0. The van der Waals surface area contributed by atoms with E-state index >= 15 is 0 Å². The Kier molecular flexibility index (Phi) is 11.9. The van der Waals surface area contributed by atoms with Crippen LogP contribution in [0.2, 0.25) is 0 Å². The molecule has 0 unspecified atom stereocenters. The average molecular weight is 300 g/mol. The molecule has 0 rings (SSSR count). The summed E-state index contributed by atoms with van der Waals surface area (Å²) < 4.78 is 31.7. The van der Waals surface area contributed by atoms with Crippen molar-refractivity contribution >= 4 is 15.9 Å². The van der Waals surface area contributed by atoms with Crippen molar-refractivity contribution in [2.45, 2.75) is 76.9 Å². The van der Waals surface area contributed by atoms with Gasteiger partial charge in [-0.15, -0.1) is 0 Å². The van der Waals surface area contributed by atoms with Crippen LogP contribution in [0.1, 0.15) is 72.1 Å². The summed E-state index contributed by atoms with van der Waals surface area (Å²) in [7, 11) is -4.20. The Balaban J connectivity index is 0. The number of carbonyl (C=O) groups excluding carboxylic acids is 1. The fourth-order valence-electron chi connectivity index (χ4n) is 1.76. The van der Waals surface area contributed by atoms with Gasteiger partial charge in [0.1, 0.15) is 5.78 Å². The molecule has 6 heteroatoms. The molecule has 0 heterocycles. The first-order valence-corrected chi connectivity index (χ1v) is 8.02. The minimum Gasteiger partial charge on any atom is -0.748 e. The summed E-state index contributed by atoms with van der Waals surface area (Å²) in [6.07, 6.45) is 6.87. The van der Waals surface area contributed by atoms with Gasteiger partial charge in [-0.1, -0.05) is 32.1 Å². The Morgan fingerprint density at radius 1 is 1.00 bits per heavy atom. The Morgan fingerprint density at radius 3 is 1.84 bits per heavy atom. The smallest absolute Gasteiger partial charge is 0.748 e. The van der Waals surface area contributed by atoms with Gasteiger partial charge in [-0.3, -0.25) is 0 Å². The fraction of sp³-hybridized carbons (Fsp3) is 0.923. The van der Waals surface area contributed by atoms with Crippen LogP contribution >= 0.6 is 0 Å². The minimum absolute atomic E-state index is 0. The zero-order chi connectivity index (χ0) is 14.2. The molecule has 0 amide bonds. The second-order valence-electron chi connectivity index (χ2n) is 5.54. The summed E-state index contributed by atoms with van der Waals surface area (Å²) in [5, 5.41) is 0. The van der Waals surface area contributed by atoms with Crippen molar-refractivity contribution in [3.63, 3.8) is 0 Å². The van der Waals surface area contributed by atoms with Gasteiger partial charge in [0.25, 0.3) is 0 Å². The van der Waals surface area contributed by atoms with Gasteiger partial charge in [-0.05, 0) is 33.6 Å². The minimum atomic E-state index is -4.20. The van der Waals surface area contributed by atoms with Crippen molar-refractivity contribution in [2.75, 3.05) is 0 Å². The van der Waals surface area contributed by atoms with E-state index in [4.69, 9.17) is 0 Å². The molecular weight excluding hydrogens is 275 g/mol. The maximum absolute atomic E-state index is 10.9. The van der Waals surface area contributed by atoms with Gasteiger partial charge >= 0.3 is 29.6 Å². The van der Waals surface area contributed by atoms with E-state index in [-0.39, 0.29) is 35.3 Å². The number of Topliss-reactive ketones (excluding diaryl/α,β-unsaturated/α-hetero) is 1. The molecule has 0 N–H and O–H groups in total. The first kappa shape index (κ1) is 21.9.